The zero-order valence-corrected chi connectivity index (χ0v) is 19.7. The highest BCUT2D eigenvalue weighted by molar-refractivity contribution is 6.33. The zero-order chi connectivity index (χ0) is 25.3. The topological polar surface area (TPSA) is 72.5 Å². The van der Waals surface area contributed by atoms with E-state index < -0.39 is 0 Å². The number of hydrogen-bond acceptors (Lipinski definition) is 4. The highest BCUT2D eigenvalue weighted by Crippen LogP contribution is 2.19. The molecule has 0 aliphatic carbocycles. The van der Waals surface area contributed by atoms with E-state index >= 15 is 0 Å². The molecule has 0 atom stereocenters. The van der Waals surface area contributed by atoms with E-state index in [-0.39, 0.29) is 23.4 Å². The minimum Gasteiger partial charge on any atom is -0.377 e. The summed E-state index contributed by atoms with van der Waals surface area (Å²) in [5, 5.41) is 2.24. The van der Waals surface area contributed by atoms with Crippen molar-refractivity contribution in [1.82, 2.24) is 5.32 Å². The number of ether oxygens (including phenoxy) is 1. The summed E-state index contributed by atoms with van der Waals surface area (Å²) in [4.78, 5) is 35.2. The maximum absolute atomic E-state index is 13.0. The third-order valence-electron chi connectivity index (χ3n) is 5.83. The molecule has 36 heavy (non-hydrogen) atoms. The predicted molar refractivity (Wildman–Crippen MR) is 136 cm³/mol. The molecule has 0 aromatic heterocycles. The molecule has 1 aliphatic rings. The molecule has 0 fully saturated rings. The number of nitrogens with one attached hydrogen (secondary N) is 1. The predicted octanol–water partition coefficient (Wildman–Crippen LogP) is 5.30. The summed E-state index contributed by atoms with van der Waals surface area (Å²) in [6.45, 7) is 1.14. The monoisotopic (exact) mass is 483 g/mol. The van der Waals surface area contributed by atoms with Crippen LogP contribution in [0.5, 0.6) is 0 Å². The number of carbonyl (C=O) groups is 3. The molecule has 0 saturated heterocycles. The Bertz CT molecular complexity index is 1290. The lowest BCUT2D eigenvalue weighted by atomic mass is 10.0. The summed E-state index contributed by atoms with van der Waals surface area (Å²) in [7, 11) is 0. The van der Waals surface area contributed by atoms with Crippen molar-refractivity contribution in [3.63, 3.8) is 0 Å². The normalized spacial score (nSPS) is 13.2. The highest BCUT2D eigenvalue weighted by atomic mass is 19.1. The third-order valence-corrected chi connectivity index (χ3v) is 5.83. The number of carbonyl (C=O) groups excluding carboxylic acids is 3. The fourth-order valence-electron chi connectivity index (χ4n) is 3.81. The Hall–Kier alpha value is -4.16. The van der Waals surface area contributed by atoms with Gasteiger partial charge in [-0.2, -0.15) is 0 Å². The van der Waals surface area contributed by atoms with E-state index in [0.29, 0.717) is 29.9 Å². The number of aryl methyl sites for hydroxylation is 1. The van der Waals surface area contributed by atoms with Crippen LogP contribution in [0.4, 0.5) is 4.39 Å². The first-order chi connectivity index (χ1) is 17.5. The first kappa shape index (κ1) is 24.9. The lowest BCUT2D eigenvalue weighted by Gasteiger charge is -2.06. The average molecular weight is 484 g/mol. The number of allylic oxidation sites excluding steroid dienone is 1. The summed E-state index contributed by atoms with van der Waals surface area (Å²) in [5.41, 5.74) is 4.71. The van der Waals surface area contributed by atoms with Crippen molar-refractivity contribution in [1.29, 1.82) is 0 Å². The molecule has 2 amide bonds. The van der Waals surface area contributed by atoms with E-state index in [0.717, 1.165) is 30.4 Å². The number of benzene rings is 3. The summed E-state index contributed by atoms with van der Waals surface area (Å²) in [6, 6.07) is 21.0. The van der Waals surface area contributed by atoms with E-state index in [2.05, 4.69) is 17.4 Å². The molecule has 3 aromatic carbocycles. The third kappa shape index (κ3) is 6.93. The lowest BCUT2D eigenvalue weighted by molar-refractivity contribution is -0.123. The van der Waals surface area contributed by atoms with Crippen LogP contribution in [0.3, 0.4) is 0 Å². The number of ketones is 1. The fraction of sp³-hybridized carbons (Fsp3) is 0.167. The van der Waals surface area contributed by atoms with Gasteiger partial charge >= 0.3 is 0 Å². The lowest BCUT2D eigenvalue weighted by Crippen LogP contribution is -2.21. The smallest absolute Gasteiger partial charge is 0.258 e. The van der Waals surface area contributed by atoms with Gasteiger partial charge in [-0.3, -0.25) is 19.7 Å². The Labute approximate surface area is 209 Å². The molecular weight excluding hydrogens is 457 g/mol. The molecule has 1 heterocycles. The molecule has 1 N–H and O–H groups in total. The Balaban J connectivity index is 1.14. The van der Waals surface area contributed by atoms with Gasteiger partial charge in [0.2, 0.25) is 0 Å². The van der Waals surface area contributed by atoms with Crippen LogP contribution in [-0.2, 0) is 27.4 Å². The van der Waals surface area contributed by atoms with Gasteiger partial charge in [-0.1, -0.05) is 54.6 Å². The van der Waals surface area contributed by atoms with Crippen LogP contribution in [0.2, 0.25) is 0 Å². The van der Waals surface area contributed by atoms with Crippen LogP contribution in [0.15, 0.2) is 84.9 Å². The van der Waals surface area contributed by atoms with Gasteiger partial charge in [0.05, 0.1) is 12.2 Å². The van der Waals surface area contributed by atoms with Crippen molar-refractivity contribution in [3.05, 3.63) is 119 Å². The van der Waals surface area contributed by atoms with Gasteiger partial charge in [0.25, 0.3) is 11.8 Å². The maximum Gasteiger partial charge on any atom is 0.258 e. The van der Waals surface area contributed by atoms with E-state index in [1.54, 1.807) is 6.08 Å². The van der Waals surface area contributed by atoms with Crippen molar-refractivity contribution in [3.8, 4) is 0 Å². The summed E-state index contributed by atoms with van der Waals surface area (Å²) in [6.07, 6.45) is 7.43. The van der Waals surface area contributed by atoms with Crippen molar-refractivity contribution in [2.75, 3.05) is 6.61 Å². The second kappa shape index (κ2) is 12.0. The number of halogens is 1. The number of hydrogen-bond donors (Lipinski definition) is 1. The van der Waals surface area contributed by atoms with Gasteiger partial charge < -0.3 is 4.74 Å². The molecule has 182 valence electrons. The summed E-state index contributed by atoms with van der Waals surface area (Å²) in [5.74, 6) is -1.28. The van der Waals surface area contributed by atoms with E-state index in [4.69, 9.17) is 4.74 Å². The van der Waals surface area contributed by atoms with E-state index in [1.807, 2.05) is 36.4 Å². The fourth-order valence-corrected chi connectivity index (χ4v) is 3.81. The van der Waals surface area contributed by atoms with Crippen LogP contribution in [0.25, 0.3) is 11.6 Å². The van der Waals surface area contributed by atoms with Crippen molar-refractivity contribution < 1.29 is 23.5 Å². The maximum atomic E-state index is 13.0. The quantitative estimate of drug-likeness (QED) is 0.174. The Morgan fingerprint density at radius 2 is 1.56 bits per heavy atom. The molecule has 0 saturated carbocycles. The minimum absolute atomic E-state index is 0.162. The number of unbranched alkanes of at least 4 members (excludes halogenated alkanes) is 1. The molecule has 0 spiro atoms. The Morgan fingerprint density at radius 3 is 2.22 bits per heavy atom. The second-order valence-electron chi connectivity index (χ2n) is 8.53. The molecule has 4 rings (SSSR count). The molecule has 0 bridgehead atoms. The molecule has 5 nitrogen and oxygen atoms in total. The van der Waals surface area contributed by atoms with Gasteiger partial charge in [-0.25, -0.2) is 4.39 Å². The Morgan fingerprint density at radius 1 is 0.861 bits per heavy atom. The van der Waals surface area contributed by atoms with Crippen LogP contribution in [-0.4, -0.2) is 24.2 Å². The SMILES string of the molecule is O=C1C=C(c2ccc(COCCCCc3ccc(C=CC(=O)c4ccc(F)cc4)cc3)cc2)C(=O)N1. The minimum atomic E-state index is -0.384. The van der Waals surface area contributed by atoms with Crippen LogP contribution in [0.1, 0.15) is 45.5 Å². The number of rotatable bonds is 11. The highest BCUT2D eigenvalue weighted by Gasteiger charge is 2.21. The van der Waals surface area contributed by atoms with Crippen LogP contribution >= 0.6 is 0 Å². The first-order valence-electron chi connectivity index (χ1n) is 11.8. The largest absolute Gasteiger partial charge is 0.377 e. The zero-order valence-electron chi connectivity index (χ0n) is 19.7. The molecule has 1 aliphatic heterocycles. The van der Waals surface area contributed by atoms with E-state index in [1.165, 1.54) is 42.0 Å². The van der Waals surface area contributed by atoms with E-state index in [9.17, 15) is 18.8 Å². The summed E-state index contributed by atoms with van der Waals surface area (Å²) < 4.78 is 18.7. The van der Waals surface area contributed by atoms with Gasteiger partial charge in [-0.05, 0) is 71.9 Å². The first-order valence-corrected chi connectivity index (χ1v) is 11.8. The van der Waals surface area contributed by atoms with Gasteiger partial charge in [-0.15, -0.1) is 0 Å². The molecule has 3 aromatic rings. The van der Waals surface area contributed by atoms with Crippen molar-refractivity contribution in [2.45, 2.75) is 25.9 Å². The molecule has 0 radical (unpaired) electrons. The average Bonchev–Trinajstić information content (AvgIpc) is 3.23. The molecule has 6 heteroatoms. The summed E-state index contributed by atoms with van der Waals surface area (Å²) >= 11 is 0. The van der Waals surface area contributed by atoms with Gasteiger partial charge in [0.1, 0.15) is 5.82 Å². The van der Waals surface area contributed by atoms with Gasteiger partial charge in [0, 0.05) is 18.2 Å². The standard InChI is InChI=1S/C30H26FNO4/c31-26-15-13-25(14-16-26)28(33)17-10-22-6-4-21(5-7-22)3-1-2-18-36-20-23-8-11-24(12-9-23)27-19-29(34)32-30(27)35/h4-17,19H,1-3,18,20H2,(H,32,34,35). The number of imide groups is 1. The second-order valence-corrected chi connectivity index (χ2v) is 8.53. The Kier molecular flexibility index (Phi) is 8.32. The van der Waals surface area contributed by atoms with Crippen LogP contribution in [0, 0.1) is 5.82 Å². The molecule has 0 unspecified atom stereocenters. The van der Waals surface area contributed by atoms with Crippen molar-refractivity contribution >= 4 is 29.2 Å². The number of amides is 2. The van der Waals surface area contributed by atoms with Crippen LogP contribution < -0.4 is 5.32 Å². The molecular formula is C30H26FNO4. The van der Waals surface area contributed by atoms with Crippen molar-refractivity contribution in [2.24, 2.45) is 0 Å². The van der Waals surface area contributed by atoms with Gasteiger partial charge in [0.15, 0.2) is 5.78 Å².